The normalized spacial score (nSPS) is 14.7. The van der Waals surface area contributed by atoms with E-state index in [1.54, 1.807) is 0 Å². The molecule has 0 spiro atoms. The second-order valence-corrected chi connectivity index (χ2v) is 29.5. The molecule has 5 atom stereocenters. The van der Waals surface area contributed by atoms with Crippen LogP contribution in [0.15, 0.2) is 158 Å². The number of esters is 4. The highest BCUT2D eigenvalue weighted by Gasteiger charge is 2.30. The topological polar surface area (TPSA) is 237 Å². The number of phosphoric acid groups is 2. The molecule has 0 heterocycles. The number of ether oxygens (including phenoxy) is 4. The molecule has 0 saturated carbocycles. The van der Waals surface area contributed by atoms with Crippen LogP contribution >= 0.6 is 15.6 Å². The largest absolute Gasteiger partial charge is 0.472 e. The van der Waals surface area contributed by atoms with Crippen molar-refractivity contribution in [2.75, 3.05) is 39.6 Å². The van der Waals surface area contributed by atoms with Crippen LogP contribution in [0.4, 0.5) is 0 Å². The van der Waals surface area contributed by atoms with Gasteiger partial charge in [0.25, 0.3) is 0 Å². The number of allylic oxidation sites excluding steroid dienone is 26. The van der Waals surface area contributed by atoms with Gasteiger partial charge in [0.15, 0.2) is 12.2 Å². The molecule has 5 unspecified atom stereocenters. The first-order chi connectivity index (χ1) is 51.7. The van der Waals surface area contributed by atoms with Crippen LogP contribution in [0, 0.1) is 0 Å². The average molecular weight is 1520 g/mol. The van der Waals surface area contributed by atoms with Crippen LogP contribution in [0.3, 0.4) is 0 Å². The van der Waals surface area contributed by atoms with E-state index in [2.05, 4.69) is 186 Å². The SMILES string of the molecule is CC/C=C\C/C=C\C/C=C\C/C=C\CCCCCCCCC(=O)OCC(COP(=O)(O)OCC(O)COP(=O)(O)OCC(COC(=O)CCCCCCCCC/C=C\C/C=C\C/C=C\CC)OC(=O)CCCCCCC/C=C\C/C=C\CCCCC)OC(=O)CCCC/C=C\C/C=C\C/C=C\C/C=C\CC. The fourth-order valence-electron chi connectivity index (χ4n) is 10.4. The Bertz CT molecular complexity index is 2630. The van der Waals surface area contributed by atoms with Gasteiger partial charge in [0.1, 0.15) is 19.3 Å². The van der Waals surface area contributed by atoms with Gasteiger partial charge < -0.3 is 33.8 Å². The summed E-state index contributed by atoms with van der Waals surface area (Å²) in [4.78, 5) is 73.1. The zero-order chi connectivity index (χ0) is 77.4. The van der Waals surface area contributed by atoms with Gasteiger partial charge in [-0.3, -0.25) is 37.3 Å². The van der Waals surface area contributed by atoms with E-state index >= 15 is 0 Å². The van der Waals surface area contributed by atoms with Gasteiger partial charge in [-0.05, 0) is 167 Å². The lowest BCUT2D eigenvalue weighted by molar-refractivity contribution is -0.161. The van der Waals surface area contributed by atoms with Crippen LogP contribution in [0.25, 0.3) is 0 Å². The third kappa shape index (κ3) is 76.9. The summed E-state index contributed by atoms with van der Waals surface area (Å²) >= 11 is 0. The average Bonchev–Trinajstić information content (AvgIpc) is 0.909. The van der Waals surface area contributed by atoms with E-state index in [0.717, 1.165) is 205 Å². The van der Waals surface area contributed by atoms with Gasteiger partial charge in [0.2, 0.25) is 0 Å². The number of carbonyl (C=O) groups is 4. The number of phosphoric ester groups is 2. The number of aliphatic hydroxyl groups is 1. The molecule has 19 heteroatoms. The van der Waals surface area contributed by atoms with E-state index in [0.29, 0.717) is 32.1 Å². The molecule has 17 nitrogen and oxygen atoms in total. The Labute approximate surface area is 642 Å². The third-order valence-corrected chi connectivity index (χ3v) is 18.4. The molecule has 3 N–H and O–H groups in total. The Morgan fingerprint density at radius 2 is 0.491 bits per heavy atom. The first-order valence-electron chi connectivity index (χ1n) is 40.7. The molecule has 604 valence electrons. The van der Waals surface area contributed by atoms with Crippen molar-refractivity contribution in [1.82, 2.24) is 0 Å². The molecular weight excluding hydrogens is 1380 g/mol. The predicted octanol–water partition coefficient (Wildman–Crippen LogP) is 24.0. The van der Waals surface area contributed by atoms with Gasteiger partial charge in [-0.15, -0.1) is 0 Å². The highest BCUT2D eigenvalue weighted by molar-refractivity contribution is 7.47. The van der Waals surface area contributed by atoms with Crippen LogP contribution in [0.2, 0.25) is 0 Å². The second kappa shape index (κ2) is 77.8. The van der Waals surface area contributed by atoms with E-state index in [1.165, 1.54) is 19.3 Å². The Morgan fingerprint density at radius 1 is 0.274 bits per heavy atom. The summed E-state index contributed by atoms with van der Waals surface area (Å²) in [7, 11) is -10.00. The molecule has 0 radical (unpaired) electrons. The smallest absolute Gasteiger partial charge is 0.462 e. The lowest BCUT2D eigenvalue weighted by atomic mass is 10.1. The van der Waals surface area contributed by atoms with Gasteiger partial charge in [-0.1, -0.05) is 276 Å². The summed E-state index contributed by atoms with van der Waals surface area (Å²) in [5.41, 5.74) is 0. The minimum atomic E-state index is -5.00. The van der Waals surface area contributed by atoms with Crippen LogP contribution in [0.5, 0.6) is 0 Å². The van der Waals surface area contributed by atoms with Gasteiger partial charge >= 0.3 is 39.5 Å². The van der Waals surface area contributed by atoms with Crippen molar-refractivity contribution in [3.8, 4) is 0 Å². The number of rotatable bonds is 75. The summed E-state index contributed by atoms with van der Waals surface area (Å²) in [5.74, 6) is -2.27. The molecule has 0 saturated heterocycles. The monoisotopic (exact) mass is 1520 g/mol. The highest BCUT2D eigenvalue weighted by Crippen LogP contribution is 2.45. The highest BCUT2D eigenvalue weighted by atomic mass is 31.2. The standard InChI is InChI=1S/C87H144O17P2/c1-5-9-13-17-21-25-29-33-37-39-40-42-46-48-52-56-60-64-68-72-85(90)98-78-83(104-87(92)74-70-66-62-58-54-50-44-36-32-28-24-20-16-12-8-4)80-102-106(95,96)100-76-81(88)75-99-105(93,94)101-79-82(103-86(91)73-69-65-61-57-53-49-43-35-31-27-23-19-15-11-7-3)77-97-84(89)71-67-63-59-55-51-47-45-41-38-34-30-26-22-18-14-10-6-2/h9-10,12-14,16,21-28,33-38,40,42-44,54,58,81-83,88H,5-8,11,15,17-20,29-32,39,41,45-53,55-57,59-80H2,1-4H3,(H,93,94)(H,95,96)/b13-9-,14-10-,16-12-,25-21-,26-22-,27-23-,28-24-,37-33-,38-34-,42-40-,43-35-,44-36-,58-54-. The maximum absolute atomic E-state index is 13.1. The van der Waals surface area contributed by atoms with Crippen LogP contribution in [-0.2, 0) is 65.4 Å². The summed E-state index contributed by atoms with van der Waals surface area (Å²) in [6, 6.07) is 0. The van der Waals surface area contributed by atoms with Crippen molar-refractivity contribution in [1.29, 1.82) is 0 Å². The molecule has 0 amide bonds. The molecule has 0 aromatic rings. The summed E-state index contributed by atoms with van der Waals surface area (Å²) in [6.45, 7) is 4.43. The Balaban J connectivity index is 5.43. The molecule has 0 aromatic heterocycles. The van der Waals surface area contributed by atoms with Crippen molar-refractivity contribution in [2.45, 2.75) is 329 Å². The Morgan fingerprint density at radius 3 is 0.774 bits per heavy atom. The summed E-state index contributed by atoms with van der Waals surface area (Å²) in [5, 5.41) is 10.7. The molecule has 106 heavy (non-hydrogen) atoms. The van der Waals surface area contributed by atoms with E-state index in [-0.39, 0.29) is 25.7 Å². The molecule has 0 aliphatic carbocycles. The van der Waals surface area contributed by atoms with E-state index in [4.69, 9.17) is 37.0 Å². The fraction of sp³-hybridized carbons (Fsp3) is 0.655. The molecule has 0 aromatic carbocycles. The lowest BCUT2D eigenvalue weighted by Crippen LogP contribution is -2.30. The van der Waals surface area contributed by atoms with E-state index in [1.807, 2.05) is 0 Å². The lowest BCUT2D eigenvalue weighted by Gasteiger charge is -2.21. The van der Waals surface area contributed by atoms with Crippen molar-refractivity contribution < 1.29 is 80.2 Å². The third-order valence-electron chi connectivity index (χ3n) is 16.5. The molecule has 0 aliphatic heterocycles. The maximum atomic E-state index is 13.1. The first kappa shape index (κ1) is 101. The van der Waals surface area contributed by atoms with Crippen molar-refractivity contribution in [2.24, 2.45) is 0 Å². The van der Waals surface area contributed by atoms with Gasteiger partial charge in [-0.25, -0.2) is 9.13 Å². The predicted molar refractivity (Wildman–Crippen MR) is 436 cm³/mol. The van der Waals surface area contributed by atoms with E-state index < -0.39 is 97.5 Å². The fourth-order valence-corrected chi connectivity index (χ4v) is 11.9. The second-order valence-electron chi connectivity index (χ2n) is 26.6. The van der Waals surface area contributed by atoms with Crippen LogP contribution in [0.1, 0.15) is 310 Å². The molecule has 0 aliphatic rings. The summed E-state index contributed by atoms with van der Waals surface area (Å²) in [6.07, 6.45) is 90.7. The quantitative estimate of drug-likeness (QED) is 0.0169. The van der Waals surface area contributed by atoms with Crippen molar-refractivity contribution in [3.63, 3.8) is 0 Å². The first-order valence-corrected chi connectivity index (χ1v) is 43.7. The maximum Gasteiger partial charge on any atom is 0.472 e. The van der Waals surface area contributed by atoms with Gasteiger partial charge in [-0.2, -0.15) is 0 Å². The molecule has 0 fully saturated rings. The van der Waals surface area contributed by atoms with Gasteiger partial charge in [0, 0.05) is 25.7 Å². The summed E-state index contributed by atoms with van der Waals surface area (Å²) < 4.78 is 68.6. The van der Waals surface area contributed by atoms with Crippen LogP contribution < -0.4 is 0 Å². The zero-order valence-corrected chi connectivity index (χ0v) is 67.8. The van der Waals surface area contributed by atoms with Gasteiger partial charge in [0.05, 0.1) is 26.4 Å². The number of hydrogen-bond donors (Lipinski definition) is 3. The number of hydrogen-bond acceptors (Lipinski definition) is 15. The minimum Gasteiger partial charge on any atom is -0.462 e. The van der Waals surface area contributed by atoms with Crippen molar-refractivity contribution >= 4 is 39.5 Å². The van der Waals surface area contributed by atoms with Crippen molar-refractivity contribution in [3.05, 3.63) is 158 Å². The molecule has 0 rings (SSSR count). The zero-order valence-electron chi connectivity index (χ0n) is 66.1. The minimum absolute atomic E-state index is 0.0340. The Hall–Kier alpha value is -5.32. The number of unbranched alkanes of at least 4 members (excludes halogenated alkanes) is 23. The van der Waals surface area contributed by atoms with E-state index in [9.17, 15) is 43.2 Å². The molecular formula is C87H144O17P2. The number of aliphatic hydroxyl groups excluding tert-OH is 1. The molecule has 0 bridgehead atoms. The Kier molecular flexibility index (Phi) is 73.9. The van der Waals surface area contributed by atoms with Crippen LogP contribution in [-0.4, -0.2) is 96.7 Å². The number of carbonyl (C=O) groups excluding carboxylic acids is 4.